The van der Waals surface area contributed by atoms with Crippen molar-refractivity contribution in [2.45, 2.75) is 45.1 Å². The van der Waals surface area contributed by atoms with E-state index in [0.29, 0.717) is 21.0 Å². The molecular weight excluding hydrogens is 408 g/mol. The normalized spacial score (nSPS) is 22.2. The third kappa shape index (κ3) is 3.76. The zero-order valence-electron chi connectivity index (χ0n) is 16.0. The smallest absolute Gasteiger partial charge is 0.267 e. The molecule has 1 aromatic carbocycles. The van der Waals surface area contributed by atoms with Gasteiger partial charge in [0, 0.05) is 6.04 Å². The summed E-state index contributed by atoms with van der Waals surface area (Å²) in [6.07, 6.45) is 7.44. The number of amidine groups is 1. The van der Waals surface area contributed by atoms with E-state index >= 15 is 0 Å². The molecule has 150 valence electrons. The maximum atomic E-state index is 13.3. The first-order chi connectivity index (χ1) is 14.2. The SMILES string of the molecule is Cc1nnc(/N=C2/S/C(=C\c3ccc4c(c3)OCO4)C(=O)N2C2CCCCC2)s1. The predicted octanol–water partition coefficient (Wildman–Crippen LogP) is 4.51. The van der Waals surface area contributed by atoms with Crippen LogP contribution in [0.25, 0.3) is 6.08 Å². The zero-order valence-corrected chi connectivity index (χ0v) is 17.6. The van der Waals surface area contributed by atoms with Crippen molar-refractivity contribution in [2.75, 3.05) is 6.79 Å². The van der Waals surface area contributed by atoms with E-state index in [1.807, 2.05) is 36.1 Å². The molecule has 5 rings (SSSR count). The molecule has 3 heterocycles. The highest BCUT2D eigenvalue weighted by atomic mass is 32.2. The summed E-state index contributed by atoms with van der Waals surface area (Å²) in [4.78, 5) is 20.5. The molecule has 2 fully saturated rings. The van der Waals surface area contributed by atoms with E-state index in [0.717, 1.165) is 42.0 Å². The van der Waals surface area contributed by atoms with Gasteiger partial charge in [-0.15, -0.1) is 10.2 Å². The Kier molecular flexibility index (Phi) is 5.01. The lowest BCUT2D eigenvalue weighted by atomic mass is 9.94. The van der Waals surface area contributed by atoms with Crippen LogP contribution in [0.1, 0.15) is 42.7 Å². The summed E-state index contributed by atoms with van der Waals surface area (Å²) in [7, 11) is 0. The maximum Gasteiger partial charge on any atom is 0.267 e. The second kappa shape index (κ2) is 7.79. The molecule has 0 bridgehead atoms. The molecule has 1 amide bonds. The van der Waals surface area contributed by atoms with Crippen LogP contribution in [0.2, 0.25) is 0 Å². The number of amides is 1. The summed E-state index contributed by atoms with van der Waals surface area (Å²) in [6.45, 7) is 2.13. The first kappa shape index (κ1) is 18.6. The second-order valence-electron chi connectivity index (χ2n) is 7.19. The van der Waals surface area contributed by atoms with E-state index in [9.17, 15) is 4.79 Å². The molecule has 7 nitrogen and oxygen atoms in total. The van der Waals surface area contributed by atoms with Crippen molar-refractivity contribution < 1.29 is 14.3 Å². The van der Waals surface area contributed by atoms with Gasteiger partial charge >= 0.3 is 0 Å². The topological polar surface area (TPSA) is 76.9 Å². The number of rotatable bonds is 3. The van der Waals surface area contributed by atoms with Crippen molar-refractivity contribution in [3.63, 3.8) is 0 Å². The van der Waals surface area contributed by atoms with Crippen LogP contribution in [0, 0.1) is 6.92 Å². The summed E-state index contributed by atoms with van der Waals surface area (Å²) in [5.41, 5.74) is 0.904. The molecule has 0 unspecified atom stereocenters. The van der Waals surface area contributed by atoms with Gasteiger partial charge in [-0.1, -0.05) is 36.7 Å². The number of thioether (sulfide) groups is 1. The summed E-state index contributed by atoms with van der Waals surface area (Å²) in [6, 6.07) is 5.90. The Labute approximate surface area is 176 Å². The molecule has 0 radical (unpaired) electrons. The Morgan fingerprint density at radius 1 is 1.17 bits per heavy atom. The molecule has 1 aromatic heterocycles. The molecule has 0 N–H and O–H groups in total. The van der Waals surface area contributed by atoms with Crippen LogP contribution >= 0.6 is 23.1 Å². The van der Waals surface area contributed by atoms with Gasteiger partial charge in [0.1, 0.15) is 5.01 Å². The number of aliphatic imine (C=N–C) groups is 1. The number of hydrogen-bond donors (Lipinski definition) is 0. The fourth-order valence-electron chi connectivity index (χ4n) is 3.79. The van der Waals surface area contributed by atoms with Gasteiger partial charge in [0.05, 0.1) is 4.91 Å². The zero-order chi connectivity index (χ0) is 19.8. The number of aromatic nitrogens is 2. The van der Waals surface area contributed by atoms with E-state index in [4.69, 9.17) is 9.47 Å². The van der Waals surface area contributed by atoms with Crippen molar-refractivity contribution in [2.24, 2.45) is 4.99 Å². The van der Waals surface area contributed by atoms with Crippen LogP contribution in [0.15, 0.2) is 28.1 Å². The maximum absolute atomic E-state index is 13.3. The molecule has 1 saturated carbocycles. The van der Waals surface area contributed by atoms with Crippen LogP contribution in [-0.4, -0.2) is 39.0 Å². The van der Waals surface area contributed by atoms with Gasteiger partial charge in [0.15, 0.2) is 16.7 Å². The number of fused-ring (bicyclic) bond motifs is 1. The minimum atomic E-state index is 0.0135. The van der Waals surface area contributed by atoms with E-state index in [2.05, 4.69) is 15.2 Å². The Morgan fingerprint density at radius 2 is 2.00 bits per heavy atom. The molecular formula is C20H20N4O3S2. The van der Waals surface area contributed by atoms with E-state index in [1.54, 1.807) is 0 Å². The molecule has 9 heteroatoms. The van der Waals surface area contributed by atoms with Crippen LogP contribution < -0.4 is 9.47 Å². The van der Waals surface area contributed by atoms with Crippen molar-refractivity contribution in [3.8, 4) is 11.5 Å². The predicted molar refractivity (Wildman–Crippen MR) is 114 cm³/mol. The Bertz CT molecular complexity index is 1010. The largest absolute Gasteiger partial charge is 0.454 e. The minimum Gasteiger partial charge on any atom is -0.454 e. The van der Waals surface area contributed by atoms with Gasteiger partial charge in [-0.3, -0.25) is 9.69 Å². The van der Waals surface area contributed by atoms with E-state index in [1.165, 1.54) is 29.5 Å². The molecule has 2 aromatic rings. The van der Waals surface area contributed by atoms with Gasteiger partial charge in [-0.05, 0) is 55.3 Å². The molecule has 1 saturated heterocycles. The Morgan fingerprint density at radius 3 is 2.79 bits per heavy atom. The molecule has 3 aliphatic rings. The lowest BCUT2D eigenvalue weighted by Gasteiger charge is -2.30. The van der Waals surface area contributed by atoms with Gasteiger partial charge < -0.3 is 9.47 Å². The quantitative estimate of drug-likeness (QED) is 0.670. The average molecular weight is 429 g/mol. The van der Waals surface area contributed by atoms with Crippen LogP contribution in [-0.2, 0) is 4.79 Å². The van der Waals surface area contributed by atoms with Crippen molar-refractivity contribution in [1.82, 2.24) is 15.1 Å². The Hall–Kier alpha value is -2.39. The van der Waals surface area contributed by atoms with E-state index in [-0.39, 0.29) is 18.7 Å². The van der Waals surface area contributed by atoms with Gasteiger partial charge in [0.2, 0.25) is 11.9 Å². The molecule has 29 heavy (non-hydrogen) atoms. The molecule has 1 aliphatic carbocycles. The standard InChI is InChI=1S/C20H20N4O3S2/c1-12-22-23-19(28-12)21-20-24(14-5-3-2-4-6-14)18(25)17(29-20)10-13-7-8-15-16(9-13)27-11-26-15/h7-10,14H,2-6,11H2,1H3/b17-10-,21-20+. The molecule has 0 atom stereocenters. The summed E-state index contributed by atoms with van der Waals surface area (Å²) in [5.74, 6) is 1.45. The average Bonchev–Trinajstić information content (AvgIpc) is 3.43. The minimum absolute atomic E-state index is 0.0135. The first-order valence-electron chi connectivity index (χ1n) is 9.69. The van der Waals surface area contributed by atoms with Crippen molar-refractivity contribution in [3.05, 3.63) is 33.7 Å². The number of nitrogens with zero attached hydrogens (tertiary/aromatic N) is 4. The van der Waals surface area contributed by atoms with Crippen molar-refractivity contribution in [1.29, 1.82) is 0 Å². The summed E-state index contributed by atoms with van der Waals surface area (Å²) < 4.78 is 10.8. The van der Waals surface area contributed by atoms with Crippen LogP contribution in [0.4, 0.5) is 5.13 Å². The van der Waals surface area contributed by atoms with Gasteiger partial charge in [-0.2, -0.15) is 4.99 Å². The monoisotopic (exact) mass is 428 g/mol. The summed E-state index contributed by atoms with van der Waals surface area (Å²) >= 11 is 2.84. The Balaban J connectivity index is 1.48. The van der Waals surface area contributed by atoms with E-state index < -0.39 is 0 Å². The first-order valence-corrected chi connectivity index (χ1v) is 11.3. The summed E-state index contributed by atoms with van der Waals surface area (Å²) in [5, 5.41) is 10.3. The number of hydrogen-bond acceptors (Lipinski definition) is 8. The van der Waals surface area contributed by atoms with Crippen molar-refractivity contribution >= 4 is 45.4 Å². The lowest BCUT2D eigenvalue weighted by Crippen LogP contribution is -2.40. The molecule has 0 spiro atoms. The number of carbonyl (C=O) groups excluding carboxylic acids is 1. The highest BCUT2D eigenvalue weighted by Gasteiger charge is 2.39. The lowest BCUT2D eigenvalue weighted by molar-refractivity contribution is -0.124. The number of benzene rings is 1. The number of aryl methyl sites for hydroxylation is 1. The number of carbonyl (C=O) groups is 1. The van der Waals surface area contributed by atoms with Crippen LogP contribution in [0.3, 0.4) is 0 Å². The van der Waals surface area contributed by atoms with Crippen LogP contribution in [0.5, 0.6) is 11.5 Å². The van der Waals surface area contributed by atoms with Gasteiger partial charge in [-0.25, -0.2) is 0 Å². The fourth-order valence-corrected chi connectivity index (χ4v) is 5.45. The molecule has 2 aliphatic heterocycles. The second-order valence-corrected chi connectivity index (χ2v) is 9.36. The van der Waals surface area contributed by atoms with Gasteiger partial charge in [0.25, 0.3) is 5.91 Å². The highest BCUT2D eigenvalue weighted by Crippen LogP contribution is 2.40. The third-order valence-corrected chi connectivity index (χ3v) is 6.89. The highest BCUT2D eigenvalue weighted by molar-refractivity contribution is 8.18. The third-order valence-electron chi connectivity index (χ3n) is 5.18. The number of ether oxygens (including phenoxy) is 2. The fraction of sp³-hybridized carbons (Fsp3) is 0.400.